The molecule has 0 bridgehead atoms. The number of anilines is 1. The van der Waals surface area contributed by atoms with Crippen molar-refractivity contribution in [2.24, 2.45) is 0 Å². The van der Waals surface area contributed by atoms with E-state index in [1.54, 1.807) is 0 Å². The van der Waals surface area contributed by atoms with Crippen LogP contribution in [0.4, 0.5) is 5.82 Å². The number of nitrogens with one attached hydrogen (secondary N) is 2. The molecule has 0 amide bonds. The van der Waals surface area contributed by atoms with Crippen LogP contribution in [-0.2, 0) is 6.54 Å². The van der Waals surface area contributed by atoms with E-state index in [1.165, 1.54) is 0 Å². The first-order valence-electron chi connectivity index (χ1n) is 6.27. The molecule has 0 saturated heterocycles. The number of hydrogen-bond acceptors (Lipinski definition) is 2. The number of aromatic nitrogens is 1. The highest BCUT2D eigenvalue weighted by molar-refractivity contribution is 9.10. The van der Waals surface area contributed by atoms with Crippen molar-refractivity contribution in [3.8, 4) is 6.07 Å². The van der Waals surface area contributed by atoms with Gasteiger partial charge in [-0.2, -0.15) is 5.26 Å². The molecule has 0 aliphatic carbocycles. The van der Waals surface area contributed by atoms with E-state index in [4.69, 9.17) is 0 Å². The summed E-state index contributed by atoms with van der Waals surface area (Å²) < 4.78 is 1.06. The van der Waals surface area contributed by atoms with Crippen LogP contribution in [0.2, 0.25) is 0 Å². The van der Waals surface area contributed by atoms with Crippen molar-refractivity contribution in [3.63, 3.8) is 0 Å². The summed E-state index contributed by atoms with van der Waals surface area (Å²) in [5.41, 5.74) is 2.78. The molecule has 1 aromatic heterocycles. The molecule has 0 saturated carbocycles. The molecule has 0 aliphatic heterocycles. The van der Waals surface area contributed by atoms with Gasteiger partial charge in [0.2, 0.25) is 0 Å². The van der Waals surface area contributed by atoms with Gasteiger partial charge in [-0.15, -0.1) is 0 Å². The molecule has 0 aliphatic rings. The summed E-state index contributed by atoms with van der Waals surface area (Å²) in [6.07, 6.45) is 0. The lowest BCUT2D eigenvalue weighted by atomic mass is 10.2. The van der Waals surface area contributed by atoms with Gasteiger partial charge in [0.25, 0.3) is 0 Å². The third kappa shape index (κ3) is 2.28. The lowest BCUT2D eigenvalue weighted by Gasteiger charge is -2.06. The maximum Gasteiger partial charge on any atom is 0.122 e. The molecule has 20 heavy (non-hydrogen) atoms. The minimum Gasteiger partial charge on any atom is -0.366 e. The van der Waals surface area contributed by atoms with E-state index in [-0.39, 0.29) is 0 Å². The average molecular weight is 326 g/mol. The van der Waals surface area contributed by atoms with E-state index in [0.717, 1.165) is 26.8 Å². The van der Waals surface area contributed by atoms with Crippen LogP contribution in [0, 0.1) is 11.3 Å². The number of nitriles is 1. The van der Waals surface area contributed by atoms with E-state index in [1.807, 2.05) is 48.5 Å². The average Bonchev–Trinajstić information content (AvgIpc) is 2.84. The molecule has 3 rings (SSSR count). The van der Waals surface area contributed by atoms with E-state index >= 15 is 0 Å². The smallest absolute Gasteiger partial charge is 0.122 e. The summed E-state index contributed by atoms with van der Waals surface area (Å²) in [6, 6.07) is 18.1. The molecule has 1 heterocycles. The summed E-state index contributed by atoms with van der Waals surface area (Å²) in [6.45, 7) is 0.656. The van der Waals surface area contributed by atoms with Gasteiger partial charge in [0, 0.05) is 21.9 Å². The predicted octanol–water partition coefficient (Wildman–Crippen LogP) is 4.41. The predicted molar refractivity (Wildman–Crippen MR) is 84.5 cm³/mol. The number of H-pyrrole nitrogens is 1. The van der Waals surface area contributed by atoms with Crippen molar-refractivity contribution >= 4 is 32.7 Å². The molecule has 0 unspecified atom stereocenters. The van der Waals surface area contributed by atoms with Crippen LogP contribution in [0.15, 0.2) is 53.0 Å². The number of para-hydroxylation sites is 1. The number of fused-ring (bicyclic) bond motifs is 1. The maximum absolute atomic E-state index is 9.34. The molecule has 0 atom stereocenters. The Morgan fingerprint density at radius 3 is 2.65 bits per heavy atom. The lowest BCUT2D eigenvalue weighted by Crippen LogP contribution is -2.01. The van der Waals surface area contributed by atoms with Gasteiger partial charge in [0.15, 0.2) is 0 Å². The Bertz CT molecular complexity index is 799. The minimum atomic E-state index is 0.656. The van der Waals surface area contributed by atoms with Gasteiger partial charge in [-0.25, -0.2) is 0 Å². The number of halogens is 1. The second-order valence-corrected chi connectivity index (χ2v) is 5.33. The Morgan fingerprint density at radius 1 is 1.10 bits per heavy atom. The quantitative estimate of drug-likeness (QED) is 0.749. The van der Waals surface area contributed by atoms with Crippen LogP contribution in [0.25, 0.3) is 10.9 Å². The Balaban J connectivity index is 1.92. The first-order valence-corrected chi connectivity index (χ1v) is 7.07. The summed E-state index contributed by atoms with van der Waals surface area (Å²) in [4.78, 5) is 3.26. The topological polar surface area (TPSA) is 51.6 Å². The summed E-state index contributed by atoms with van der Waals surface area (Å²) >= 11 is 3.52. The highest BCUT2D eigenvalue weighted by Gasteiger charge is 2.10. The van der Waals surface area contributed by atoms with Crippen molar-refractivity contribution < 1.29 is 0 Å². The fourth-order valence-electron chi connectivity index (χ4n) is 2.22. The molecule has 98 valence electrons. The second-order valence-electron chi connectivity index (χ2n) is 4.48. The number of benzene rings is 2. The van der Waals surface area contributed by atoms with Gasteiger partial charge >= 0.3 is 0 Å². The van der Waals surface area contributed by atoms with Crippen molar-refractivity contribution in [2.75, 3.05) is 5.32 Å². The monoisotopic (exact) mass is 325 g/mol. The standard InChI is InChI=1S/C16H12BrN3/c17-14-7-3-1-5-11(14)10-19-16-13(9-18)12-6-2-4-8-15(12)20-16/h1-8,19-20H,10H2. The van der Waals surface area contributed by atoms with E-state index in [2.05, 4.69) is 32.3 Å². The molecule has 3 aromatic rings. The van der Waals surface area contributed by atoms with Gasteiger partial charge in [0.05, 0.1) is 0 Å². The molecule has 0 radical (unpaired) electrons. The molecule has 4 heteroatoms. The van der Waals surface area contributed by atoms with Crippen LogP contribution in [0.3, 0.4) is 0 Å². The van der Waals surface area contributed by atoms with Gasteiger partial charge in [-0.3, -0.25) is 0 Å². The fourth-order valence-corrected chi connectivity index (χ4v) is 2.64. The zero-order chi connectivity index (χ0) is 13.9. The summed E-state index contributed by atoms with van der Waals surface area (Å²) in [5.74, 6) is 0.768. The van der Waals surface area contributed by atoms with Crippen LogP contribution in [0.1, 0.15) is 11.1 Å². The third-order valence-electron chi connectivity index (χ3n) is 3.23. The first kappa shape index (κ1) is 12.8. The molecular formula is C16H12BrN3. The Morgan fingerprint density at radius 2 is 1.85 bits per heavy atom. The van der Waals surface area contributed by atoms with Gasteiger partial charge in [-0.05, 0) is 17.7 Å². The Kier molecular flexibility index (Phi) is 3.44. The molecule has 0 spiro atoms. The van der Waals surface area contributed by atoms with Gasteiger partial charge in [0.1, 0.15) is 17.5 Å². The van der Waals surface area contributed by atoms with Gasteiger partial charge < -0.3 is 10.3 Å². The molecule has 2 aromatic carbocycles. The number of hydrogen-bond donors (Lipinski definition) is 2. The van der Waals surface area contributed by atoms with Crippen molar-refractivity contribution in [3.05, 3.63) is 64.1 Å². The zero-order valence-electron chi connectivity index (χ0n) is 10.7. The molecule has 3 nitrogen and oxygen atoms in total. The largest absolute Gasteiger partial charge is 0.366 e. The SMILES string of the molecule is N#Cc1c(NCc2ccccc2Br)[nH]c2ccccc12. The summed E-state index contributed by atoms with van der Waals surface area (Å²) in [7, 11) is 0. The first-order chi connectivity index (χ1) is 9.79. The number of rotatable bonds is 3. The molecule has 2 N–H and O–H groups in total. The third-order valence-corrected chi connectivity index (χ3v) is 4.00. The van der Waals surface area contributed by atoms with E-state index in [0.29, 0.717) is 12.1 Å². The molecular weight excluding hydrogens is 314 g/mol. The molecule has 0 fully saturated rings. The van der Waals surface area contributed by atoms with Crippen LogP contribution in [0.5, 0.6) is 0 Å². The van der Waals surface area contributed by atoms with Crippen LogP contribution < -0.4 is 5.32 Å². The van der Waals surface area contributed by atoms with Crippen molar-refractivity contribution in [1.29, 1.82) is 5.26 Å². The van der Waals surface area contributed by atoms with E-state index < -0.39 is 0 Å². The Hall–Kier alpha value is -2.25. The highest BCUT2D eigenvalue weighted by Crippen LogP contribution is 2.26. The van der Waals surface area contributed by atoms with Crippen molar-refractivity contribution in [2.45, 2.75) is 6.54 Å². The van der Waals surface area contributed by atoms with Crippen molar-refractivity contribution in [1.82, 2.24) is 4.98 Å². The van der Waals surface area contributed by atoms with Crippen LogP contribution >= 0.6 is 15.9 Å². The lowest BCUT2D eigenvalue weighted by molar-refractivity contribution is 1.11. The van der Waals surface area contributed by atoms with Crippen LogP contribution in [-0.4, -0.2) is 4.98 Å². The van der Waals surface area contributed by atoms with Gasteiger partial charge in [-0.1, -0.05) is 52.3 Å². The highest BCUT2D eigenvalue weighted by atomic mass is 79.9. The Labute approximate surface area is 125 Å². The van der Waals surface area contributed by atoms with E-state index in [9.17, 15) is 5.26 Å². The summed E-state index contributed by atoms with van der Waals surface area (Å²) in [5, 5.41) is 13.6. The zero-order valence-corrected chi connectivity index (χ0v) is 12.2. The normalized spacial score (nSPS) is 10.4. The second kappa shape index (κ2) is 5.40. The minimum absolute atomic E-state index is 0.656. The number of aromatic amines is 1. The maximum atomic E-state index is 9.34. The number of nitrogens with zero attached hydrogens (tertiary/aromatic N) is 1. The fraction of sp³-hybridized carbons (Fsp3) is 0.0625.